The number of H-pyrrole nitrogens is 1. The second-order valence-corrected chi connectivity index (χ2v) is 3.89. The van der Waals surface area contributed by atoms with Gasteiger partial charge in [-0.3, -0.25) is 4.79 Å². The van der Waals surface area contributed by atoms with Crippen molar-refractivity contribution < 1.29 is 9.90 Å². The maximum atomic E-state index is 11.9. The molecule has 1 aromatic heterocycles. The van der Waals surface area contributed by atoms with Crippen LogP contribution in [-0.4, -0.2) is 50.5 Å². The van der Waals surface area contributed by atoms with E-state index in [9.17, 15) is 4.79 Å². The fraction of sp³-hybridized carbons (Fsp3) is 0.300. The van der Waals surface area contributed by atoms with Gasteiger partial charge in [0.05, 0.1) is 6.10 Å². The van der Waals surface area contributed by atoms with Gasteiger partial charge >= 0.3 is 0 Å². The summed E-state index contributed by atoms with van der Waals surface area (Å²) in [6.45, 7) is 0.825. The lowest BCUT2D eigenvalue weighted by atomic mass is 10.1. The number of carbonyl (C=O) groups is 1. The zero-order chi connectivity index (χ0) is 11.1. The Balaban J connectivity index is 1.90. The van der Waals surface area contributed by atoms with Gasteiger partial charge in [-0.25, -0.2) is 0 Å². The average molecular weight is 218 g/mol. The van der Waals surface area contributed by atoms with E-state index in [1.807, 2.05) is 0 Å². The number of hydrogen-bond donors (Lipinski definition) is 2. The highest BCUT2D eigenvalue weighted by molar-refractivity contribution is 5.97. The highest BCUT2D eigenvalue weighted by atomic mass is 16.3. The molecule has 6 nitrogen and oxygen atoms in total. The lowest BCUT2D eigenvalue weighted by Gasteiger charge is -2.35. The summed E-state index contributed by atoms with van der Waals surface area (Å²) in [7, 11) is 0. The van der Waals surface area contributed by atoms with Gasteiger partial charge in [-0.15, -0.1) is 0 Å². The van der Waals surface area contributed by atoms with E-state index in [1.165, 1.54) is 0 Å². The summed E-state index contributed by atoms with van der Waals surface area (Å²) in [5.41, 5.74) is 1.99. The lowest BCUT2D eigenvalue weighted by Crippen LogP contribution is -2.53. The summed E-state index contributed by atoms with van der Waals surface area (Å²) in [6, 6.07) is 5.17. The third-order valence-corrected chi connectivity index (χ3v) is 2.71. The minimum Gasteiger partial charge on any atom is -0.389 e. The first-order chi connectivity index (χ1) is 7.74. The molecule has 1 aliphatic rings. The van der Waals surface area contributed by atoms with Crippen molar-refractivity contribution in [3.05, 3.63) is 23.8 Å². The van der Waals surface area contributed by atoms with E-state index in [0.717, 1.165) is 5.52 Å². The van der Waals surface area contributed by atoms with Gasteiger partial charge in [-0.05, 0) is 18.2 Å². The van der Waals surface area contributed by atoms with E-state index in [1.54, 1.807) is 23.1 Å². The van der Waals surface area contributed by atoms with Crippen LogP contribution in [0.4, 0.5) is 0 Å². The van der Waals surface area contributed by atoms with Crippen LogP contribution in [-0.2, 0) is 0 Å². The van der Waals surface area contributed by atoms with Gasteiger partial charge in [-0.2, -0.15) is 15.4 Å². The van der Waals surface area contributed by atoms with E-state index >= 15 is 0 Å². The van der Waals surface area contributed by atoms with Gasteiger partial charge in [-0.1, -0.05) is 0 Å². The van der Waals surface area contributed by atoms with Gasteiger partial charge in [0.1, 0.15) is 11.0 Å². The molecule has 2 heterocycles. The Labute approximate surface area is 90.9 Å². The monoisotopic (exact) mass is 218 g/mol. The minimum atomic E-state index is -0.375. The molecule has 0 unspecified atom stereocenters. The Bertz CT molecular complexity index is 544. The van der Waals surface area contributed by atoms with Crippen molar-refractivity contribution in [3.63, 3.8) is 0 Å². The molecule has 3 rings (SSSR count). The number of nitrogens with zero attached hydrogens (tertiary/aromatic N) is 3. The van der Waals surface area contributed by atoms with Crippen molar-refractivity contribution >= 4 is 16.9 Å². The molecule has 0 atom stereocenters. The van der Waals surface area contributed by atoms with Gasteiger partial charge < -0.3 is 10.0 Å². The van der Waals surface area contributed by atoms with Crippen LogP contribution in [0.1, 0.15) is 10.4 Å². The smallest absolute Gasteiger partial charge is 0.254 e. The lowest BCUT2D eigenvalue weighted by molar-refractivity contribution is 0.00590. The van der Waals surface area contributed by atoms with Gasteiger partial charge in [0.25, 0.3) is 5.91 Å². The second-order valence-electron chi connectivity index (χ2n) is 3.89. The topological polar surface area (TPSA) is 82.1 Å². The number of fused-ring (bicyclic) bond motifs is 1. The maximum absolute atomic E-state index is 11.9. The summed E-state index contributed by atoms with van der Waals surface area (Å²) in [5.74, 6) is -0.0739. The molecule has 1 aromatic carbocycles. The first-order valence-electron chi connectivity index (χ1n) is 5.02. The molecule has 0 bridgehead atoms. The van der Waals surface area contributed by atoms with Crippen LogP contribution < -0.4 is 0 Å². The van der Waals surface area contributed by atoms with Crippen LogP contribution in [0.5, 0.6) is 0 Å². The quantitative estimate of drug-likeness (QED) is 0.693. The number of likely N-dealkylation sites (tertiary alicyclic amines) is 1. The first kappa shape index (κ1) is 9.29. The molecule has 1 amide bonds. The molecule has 0 aliphatic carbocycles. The molecule has 1 saturated heterocycles. The molecule has 0 spiro atoms. The Kier molecular flexibility index (Phi) is 1.90. The molecule has 2 N–H and O–H groups in total. The summed E-state index contributed by atoms with van der Waals surface area (Å²) < 4.78 is 0. The molecule has 1 fully saturated rings. The first-order valence-corrected chi connectivity index (χ1v) is 5.02. The van der Waals surface area contributed by atoms with Crippen LogP contribution in [0.15, 0.2) is 18.2 Å². The number of amides is 1. The standard InChI is InChI=1S/C10H10N4O2/c15-7-4-14(5-7)10(16)6-1-2-8-9(3-6)12-13-11-8/h1-3,7,15H,4-5H2,(H,11,12,13). The molecule has 82 valence electrons. The van der Waals surface area contributed by atoms with Crippen LogP contribution in [0.25, 0.3) is 11.0 Å². The van der Waals surface area contributed by atoms with E-state index in [-0.39, 0.29) is 12.0 Å². The van der Waals surface area contributed by atoms with Gasteiger partial charge in [0.2, 0.25) is 0 Å². The molecule has 1 aliphatic heterocycles. The number of carbonyl (C=O) groups excluding carboxylic acids is 1. The highest BCUT2D eigenvalue weighted by Gasteiger charge is 2.29. The predicted molar refractivity (Wildman–Crippen MR) is 55.8 cm³/mol. The van der Waals surface area contributed by atoms with E-state index in [4.69, 9.17) is 5.11 Å². The van der Waals surface area contributed by atoms with Crippen LogP contribution in [0.2, 0.25) is 0 Å². The third kappa shape index (κ3) is 1.35. The van der Waals surface area contributed by atoms with Crippen molar-refractivity contribution in [3.8, 4) is 0 Å². The van der Waals surface area contributed by atoms with Crippen molar-refractivity contribution in [2.45, 2.75) is 6.10 Å². The number of β-amino-alcohol motifs (C(OH)–C–C–N with tert-alkyl or cyclic N) is 1. The van der Waals surface area contributed by atoms with Crippen LogP contribution in [0, 0.1) is 0 Å². The van der Waals surface area contributed by atoms with Gasteiger partial charge in [0.15, 0.2) is 0 Å². The second kappa shape index (κ2) is 3.28. The van der Waals surface area contributed by atoms with Crippen molar-refractivity contribution in [2.75, 3.05) is 13.1 Å². The summed E-state index contributed by atoms with van der Waals surface area (Å²) in [5, 5.41) is 19.5. The number of aliphatic hydroxyl groups excluding tert-OH is 1. The average Bonchev–Trinajstić information content (AvgIpc) is 2.70. The zero-order valence-corrected chi connectivity index (χ0v) is 8.42. The summed E-state index contributed by atoms with van der Waals surface area (Å²) in [6.07, 6.45) is -0.375. The Morgan fingerprint density at radius 3 is 2.88 bits per heavy atom. The Hall–Kier alpha value is -1.95. The molecule has 0 saturated carbocycles. The van der Waals surface area contributed by atoms with Crippen LogP contribution in [0.3, 0.4) is 0 Å². The number of benzene rings is 1. The Morgan fingerprint density at radius 1 is 1.38 bits per heavy atom. The Morgan fingerprint density at radius 2 is 2.12 bits per heavy atom. The number of aromatic amines is 1. The van der Waals surface area contributed by atoms with E-state index in [2.05, 4.69) is 15.4 Å². The van der Waals surface area contributed by atoms with Crippen molar-refractivity contribution in [1.29, 1.82) is 0 Å². The maximum Gasteiger partial charge on any atom is 0.254 e. The summed E-state index contributed by atoms with van der Waals surface area (Å²) in [4.78, 5) is 13.5. The molecular weight excluding hydrogens is 208 g/mol. The normalized spacial score (nSPS) is 16.4. The van der Waals surface area contributed by atoms with Crippen LogP contribution >= 0.6 is 0 Å². The molecule has 16 heavy (non-hydrogen) atoms. The number of nitrogens with one attached hydrogen (secondary N) is 1. The van der Waals surface area contributed by atoms with E-state index in [0.29, 0.717) is 24.2 Å². The number of rotatable bonds is 1. The molecular formula is C10H10N4O2. The largest absolute Gasteiger partial charge is 0.389 e. The fourth-order valence-corrected chi connectivity index (χ4v) is 1.78. The summed E-state index contributed by atoms with van der Waals surface area (Å²) >= 11 is 0. The molecule has 6 heteroatoms. The number of hydrogen-bond acceptors (Lipinski definition) is 4. The highest BCUT2D eigenvalue weighted by Crippen LogP contribution is 2.16. The van der Waals surface area contributed by atoms with E-state index < -0.39 is 0 Å². The SMILES string of the molecule is O=C(c1ccc2n[nH]nc2c1)N1CC(O)C1. The predicted octanol–water partition coefficient (Wildman–Crippen LogP) is -0.225. The molecule has 2 aromatic rings. The van der Waals surface area contributed by atoms with Crippen molar-refractivity contribution in [1.82, 2.24) is 20.3 Å². The third-order valence-electron chi connectivity index (χ3n) is 2.71. The molecule has 0 radical (unpaired) electrons. The fourth-order valence-electron chi connectivity index (χ4n) is 1.78. The number of aliphatic hydroxyl groups is 1. The number of aromatic nitrogens is 3. The zero-order valence-electron chi connectivity index (χ0n) is 8.42. The minimum absolute atomic E-state index is 0.0739. The van der Waals surface area contributed by atoms with Gasteiger partial charge in [0, 0.05) is 18.7 Å². The van der Waals surface area contributed by atoms with Crippen molar-refractivity contribution in [2.24, 2.45) is 0 Å².